The van der Waals surface area contributed by atoms with E-state index in [0.29, 0.717) is 18.3 Å². The van der Waals surface area contributed by atoms with Crippen LogP contribution in [0, 0.1) is 12.8 Å². The van der Waals surface area contributed by atoms with E-state index in [1.165, 1.54) is 47.1 Å². The summed E-state index contributed by atoms with van der Waals surface area (Å²) in [7, 11) is 0. The van der Waals surface area contributed by atoms with Gasteiger partial charge in [0, 0.05) is 26.1 Å². The van der Waals surface area contributed by atoms with Crippen molar-refractivity contribution >= 4 is 31.1 Å². The van der Waals surface area contributed by atoms with E-state index in [1.807, 2.05) is 0 Å². The number of aldehydes is 1. The first-order chi connectivity index (χ1) is 14.7. The molecule has 2 aromatic rings. The van der Waals surface area contributed by atoms with E-state index < -0.39 is 0 Å². The lowest BCUT2D eigenvalue weighted by atomic mass is 9.77. The summed E-state index contributed by atoms with van der Waals surface area (Å²) in [6, 6.07) is 16.1. The normalized spacial score (nSPS) is 20.9. The Morgan fingerprint density at radius 1 is 1.12 bits per heavy atom. The number of piperidine rings is 1. The van der Waals surface area contributed by atoms with Crippen molar-refractivity contribution in [3.8, 4) is 0 Å². The molecule has 0 saturated carbocycles. The van der Waals surface area contributed by atoms with Crippen LogP contribution in [0.2, 0.25) is 0 Å². The summed E-state index contributed by atoms with van der Waals surface area (Å²) < 4.78 is 0. The van der Waals surface area contributed by atoms with Gasteiger partial charge in [-0.25, -0.2) is 0 Å². The summed E-state index contributed by atoms with van der Waals surface area (Å²) >= 11 is 0. The molecule has 0 aliphatic carbocycles. The van der Waals surface area contributed by atoms with Gasteiger partial charge in [0.25, 0.3) is 0 Å². The Hall–Kier alpha value is -1.39. The van der Waals surface area contributed by atoms with Gasteiger partial charge in [-0.3, -0.25) is 4.90 Å². The molecule has 2 unspecified atom stereocenters. The van der Waals surface area contributed by atoms with Crippen LogP contribution in [0.1, 0.15) is 65.8 Å². The maximum atomic E-state index is 10.9. The number of carbonyl (C=O) groups is 1. The summed E-state index contributed by atoms with van der Waals surface area (Å²) in [5, 5.41) is 3.59. The number of benzene rings is 2. The molecule has 1 fully saturated rings. The lowest BCUT2D eigenvalue weighted by Gasteiger charge is -2.39. The highest BCUT2D eigenvalue weighted by atomic mass is 35.5. The lowest BCUT2D eigenvalue weighted by molar-refractivity contribution is -0.108. The fraction of sp³-hybridized carbons (Fsp3) is 0.519. The third-order valence-corrected chi connectivity index (χ3v) is 7.17. The maximum absolute atomic E-state index is 10.9. The van der Waals surface area contributed by atoms with E-state index in [1.54, 1.807) is 0 Å². The molecule has 5 heteroatoms. The molecule has 0 bridgehead atoms. The minimum atomic E-state index is 0. The van der Waals surface area contributed by atoms with E-state index in [2.05, 4.69) is 59.6 Å². The first kappa shape index (κ1) is 26.9. The SMILES string of the molecule is Cc1ccccc1CN1CCC(CCCC=O)C(c2ccc3c(c2)CNCCC3)C1.Cl.Cl. The average Bonchev–Trinajstić information content (AvgIpc) is 3.01. The molecule has 3 nitrogen and oxygen atoms in total. The fourth-order valence-corrected chi connectivity index (χ4v) is 5.34. The zero-order chi connectivity index (χ0) is 20.8. The summed E-state index contributed by atoms with van der Waals surface area (Å²) in [4.78, 5) is 13.5. The highest BCUT2D eigenvalue weighted by Gasteiger charge is 2.30. The summed E-state index contributed by atoms with van der Waals surface area (Å²) in [5.41, 5.74) is 7.35. The Morgan fingerprint density at radius 3 is 2.78 bits per heavy atom. The Labute approximate surface area is 206 Å². The second kappa shape index (κ2) is 13.3. The van der Waals surface area contributed by atoms with Gasteiger partial charge in [0.05, 0.1) is 0 Å². The number of fused-ring (bicyclic) bond motifs is 1. The quantitative estimate of drug-likeness (QED) is 0.401. The molecular formula is C27H38Cl2N2O. The first-order valence-corrected chi connectivity index (χ1v) is 11.8. The number of carbonyl (C=O) groups excluding carboxylic acids is 1. The Morgan fingerprint density at radius 2 is 1.97 bits per heavy atom. The van der Waals surface area contributed by atoms with Gasteiger partial charge in [-0.05, 0) is 91.8 Å². The standard InChI is InChI=1S/C27H36N2O.2ClH/c1-21-7-2-3-9-25(21)19-29-15-13-23(8-4-5-16-30)27(20-29)24-12-11-22-10-6-14-28-18-26(22)17-24;;/h2-3,7,9,11-12,16-17,23,27-28H,4-6,8,10,13-15,18-20H2,1H3;2*1H. The van der Waals surface area contributed by atoms with Crippen molar-refractivity contribution in [1.82, 2.24) is 10.2 Å². The van der Waals surface area contributed by atoms with Gasteiger partial charge in [0.1, 0.15) is 6.29 Å². The molecule has 0 aromatic heterocycles. The maximum Gasteiger partial charge on any atom is 0.119 e. The molecule has 32 heavy (non-hydrogen) atoms. The fourth-order valence-electron chi connectivity index (χ4n) is 5.34. The number of likely N-dealkylation sites (tertiary alicyclic amines) is 1. The minimum Gasteiger partial charge on any atom is -0.313 e. The number of unbranched alkanes of at least 4 members (excludes halogenated alkanes) is 1. The van der Waals surface area contributed by atoms with Crippen LogP contribution in [0.25, 0.3) is 0 Å². The molecule has 0 radical (unpaired) electrons. The molecular weight excluding hydrogens is 439 g/mol. The zero-order valence-corrected chi connectivity index (χ0v) is 20.9. The molecule has 2 atom stereocenters. The molecule has 4 rings (SSSR count). The predicted octanol–water partition coefficient (Wildman–Crippen LogP) is 5.85. The number of rotatable bonds is 7. The highest BCUT2D eigenvalue weighted by Crippen LogP contribution is 2.37. The number of hydrogen-bond donors (Lipinski definition) is 1. The van der Waals surface area contributed by atoms with Crippen molar-refractivity contribution in [2.75, 3.05) is 19.6 Å². The van der Waals surface area contributed by atoms with Crippen molar-refractivity contribution < 1.29 is 4.79 Å². The van der Waals surface area contributed by atoms with Crippen molar-refractivity contribution in [2.24, 2.45) is 5.92 Å². The largest absolute Gasteiger partial charge is 0.313 e. The van der Waals surface area contributed by atoms with Gasteiger partial charge < -0.3 is 10.1 Å². The molecule has 2 heterocycles. The van der Waals surface area contributed by atoms with Crippen molar-refractivity contribution in [1.29, 1.82) is 0 Å². The van der Waals surface area contributed by atoms with E-state index in [9.17, 15) is 4.79 Å². The Bertz CT molecular complexity index is 857. The molecule has 2 aliphatic rings. The number of halogens is 2. The van der Waals surface area contributed by atoms with Crippen molar-refractivity contribution in [3.63, 3.8) is 0 Å². The number of hydrogen-bond acceptors (Lipinski definition) is 3. The van der Waals surface area contributed by atoms with E-state index >= 15 is 0 Å². The second-order valence-electron chi connectivity index (χ2n) is 9.22. The van der Waals surface area contributed by atoms with Crippen LogP contribution >= 0.6 is 24.8 Å². The van der Waals surface area contributed by atoms with Gasteiger partial charge in [-0.2, -0.15) is 0 Å². The third kappa shape index (κ3) is 6.81. The molecule has 2 aromatic carbocycles. The number of aryl methyl sites for hydroxylation is 2. The van der Waals surface area contributed by atoms with Crippen LogP contribution in [-0.4, -0.2) is 30.8 Å². The summed E-state index contributed by atoms with van der Waals surface area (Å²) in [6.07, 6.45) is 7.61. The van der Waals surface area contributed by atoms with Gasteiger partial charge in [0.2, 0.25) is 0 Å². The van der Waals surface area contributed by atoms with E-state index in [0.717, 1.165) is 51.9 Å². The molecule has 1 N–H and O–H groups in total. The van der Waals surface area contributed by atoms with Crippen molar-refractivity contribution in [2.45, 2.75) is 64.5 Å². The van der Waals surface area contributed by atoms with Crippen LogP contribution < -0.4 is 5.32 Å². The van der Waals surface area contributed by atoms with Crippen molar-refractivity contribution in [3.05, 3.63) is 70.3 Å². The topological polar surface area (TPSA) is 32.3 Å². The predicted molar refractivity (Wildman–Crippen MR) is 138 cm³/mol. The Kier molecular flexibility index (Phi) is 11.2. The van der Waals surface area contributed by atoms with Crippen LogP contribution in [0.5, 0.6) is 0 Å². The Balaban J connectivity index is 0.00000181. The number of nitrogens with zero attached hydrogens (tertiary/aromatic N) is 1. The number of nitrogens with one attached hydrogen (secondary N) is 1. The monoisotopic (exact) mass is 476 g/mol. The molecule has 1 saturated heterocycles. The minimum absolute atomic E-state index is 0. The lowest BCUT2D eigenvalue weighted by Crippen LogP contribution is -2.39. The van der Waals surface area contributed by atoms with E-state index in [-0.39, 0.29) is 24.8 Å². The smallest absolute Gasteiger partial charge is 0.119 e. The van der Waals surface area contributed by atoms with Gasteiger partial charge in [0.15, 0.2) is 0 Å². The molecule has 176 valence electrons. The summed E-state index contributed by atoms with van der Waals surface area (Å²) in [5.74, 6) is 1.23. The first-order valence-electron chi connectivity index (χ1n) is 11.8. The molecule has 0 spiro atoms. The van der Waals surface area contributed by atoms with Gasteiger partial charge >= 0.3 is 0 Å². The van der Waals surface area contributed by atoms with E-state index in [4.69, 9.17) is 0 Å². The second-order valence-corrected chi connectivity index (χ2v) is 9.22. The molecule has 2 aliphatic heterocycles. The van der Waals surface area contributed by atoms with Gasteiger partial charge in [-0.15, -0.1) is 24.8 Å². The third-order valence-electron chi connectivity index (χ3n) is 7.17. The van der Waals surface area contributed by atoms with Crippen LogP contribution in [0.3, 0.4) is 0 Å². The van der Waals surface area contributed by atoms with Crippen LogP contribution in [0.4, 0.5) is 0 Å². The average molecular weight is 478 g/mol. The van der Waals surface area contributed by atoms with Gasteiger partial charge in [-0.1, -0.05) is 42.5 Å². The van der Waals surface area contributed by atoms with Crippen LogP contribution in [0.15, 0.2) is 42.5 Å². The zero-order valence-electron chi connectivity index (χ0n) is 19.2. The van der Waals surface area contributed by atoms with Crippen LogP contribution in [-0.2, 0) is 24.3 Å². The molecule has 0 amide bonds. The summed E-state index contributed by atoms with van der Waals surface area (Å²) in [6.45, 7) is 7.65. The highest BCUT2D eigenvalue weighted by molar-refractivity contribution is 5.85.